The minimum absolute atomic E-state index is 0. The van der Waals surface area contributed by atoms with Crippen molar-refractivity contribution in [1.29, 1.82) is 0 Å². The van der Waals surface area contributed by atoms with Crippen LogP contribution in [0.5, 0.6) is 0 Å². The fraction of sp³-hybridized carbons (Fsp3) is 0.500. The number of carbonyl (C=O) groups is 1. The molecule has 0 heterocycles. The Morgan fingerprint density at radius 1 is 1.70 bits per heavy atom. The van der Waals surface area contributed by atoms with Crippen LogP contribution in [0.25, 0.3) is 0 Å². The summed E-state index contributed by atoms with van der Waals surface area (Å²) in [7, 11) is 0. The second-order valence-corrected chi connectivity index (χ2v) is 1.51. The average Bonchev–Trinajstić information content (AvgIpc) is 1.85. The number of rotatable bonds is 3. The fourth-order valence-electron chi connectivity index (χ4n) is 0.389. The van der Waals surface area contributed by atoms with Crippen LogP contribution in [-0.2, 0) is 4.79 Å². The van der Waals surface area contributed by atoms with Gasteiger partial charge in [-0.3, -0.25) is 4.79 Å². The first kappa shape index (κ1) is 12.2. The Balaban J connectivity index is 0. The molecule has 0 aliphatic heterocycles. The van der Waals surface area contributed by atoms with E-state index in [1.807, 2.05) is 0 Å². The van der Waals surface area contributed by atoms with Crippen LogP contribution >= 0.6 is 12.4 Å². The van der Waals surface area contributed by atoms with Crippen molar-refractivity contribution >= 4 is 18.3 Å². The van der Waals surface area contributed by atoms with Crippen LogP contribution in [0, 0.1) is 0 Å². The van der Waals surface area contributed by atoms with Gasteiger partial charge in [0.15, 0.2) is 0 Å². The van der Waals surface area contributed by atoms with Crippen molar-refractivity contribution < 1.29 is 9.90 Å². The predicted molar refractivity (Wildman–Crippen MR) is 42.2 cm³/mol. The summed E-state index contributed by atoms with van der Waals surface area (Å²) in [5.41, 5.74) is 0. The van der Waals surface area contributed by atoms with E-state index in [-0.39, 0.29) is 24.9 Å². The first-order valence-corrected chi connectivity index (χ1v) is 2.82. The van der Waals surface area contributed by atoms with Crippen molar-refractivity contribution in [3.05, 3.63) is 12.2 Å². The maximum Gasteiger partial charge on any atom is 0.243 e. The summed E-state index contributed by atoms with van der Waals surface area (Å²) in [5, 5.41) is 10.7. The van der Waals surface area contributed by atoms with Gasteiger partial charge in [0.1, 0.15) is 0 Å². The topological polar surface area (TPSA) is 49.3 Å². The largest absolute Gasteiger partial charge is 0.395 e. The molecule has 0 unspecified atom stereocenters. The number of aliphatic hydroxyl groups is 1. The molecule has 1 amide bonds. The Kier molecular flexibility index (Phi) is 10.3. The van der Waals surface area contributed by atoms with E-state index < -0.39 is 0 Å². The molecule has 0 aromatic heterocycles. The summed E-state index contributed by atoms with van der Waals surface area (Å²) in [6, 6.07) is 0. The molecule has 0 saturated carbocycles. The molecule has 2 N–H and O–H groups in total. The number of hydrogen-bond acceptors (Lipinski definition) is 2. The van der Waals surface area contributed by atoms with E-state index in [9.17, 15) is 4.79 Å². The molecular formula is C6H12ClNO2. The molecule has 0 bridgehead atoms. The molecule has 0 aliphatic carbocycles. The van der Waals surface area contributed by atoms with Gasteiger partial charge in [-0.15, -0.1) is 12.4 Å². The number of hydrogen-bond donors (Lipinski definition) is 2. The van der Waals surface area contributed by atoms with Crippen LogP contribution in [0.1, 0.15) is 6.92 Å². The molecule has 0 aliphatic rings. The Hall–Kier alpha value is -0.540. The second-order valence-electron chi connectivity index (χ2n) is 1.51. The molecule has 0 aromatic carbocycles. The number of aliphatic hydroxyl groups excluding tert-OH is 1. The monoisotopic (exact) mass is 165 g/mol. The van der Waals surface area contributed by atoms with Crippen LogP contribution in [0.4, 0.5) is 0 Å². The first-order valence-electron chi connectivity index (χ1n) is 2.82. The average molecular weight is 166 g/mol. The lowest BCUT2D eigenvalue weighted by atomic mass is 10.5. The highest BCUT2D eigenvalue weighted by atomic mass is 35.5. The van der Waals surface area contributed by atoms with Gasteiger partial charge in [-0.1, -0.05) is 6.08 Å². The quantitative estimate of drug-likeness (QED) is 0.583. The SMILES string of the molecule is CC=CC(=O)NCCO.Cl. The zero-order valence-corrected chi connectivity index (χ0v) is 6.65. The minimum Gasteiger partial charge on any atom is -0.395 e. The van der Waals surface area contributed by atoms with Gasteiger partial charge >= 0.3 is 0 Å². The molecule has 0 saturated heterocycles. The van der Waals surface area contributed by atoms with Crippen molar-refractivity contribution in [2.45, 2.75) is 6.92 Å². The molecule has 0 atom stereocenters. The Labute approximate surface area is 66.5 Å². The van der Waals surface area contributed by atoms with Crippen molar-refractivity contribution in [2.75, 3.05) is 13.2 Å². The predicted octanol–water partition coefficient (Wildman–Crippen LogP) is 0.0928. The van der Waals surface area contributed by atoms with E-state index >= 15 is 0 Å². The fourth-order valence-corrected chi connectivity index (χ4v) is 0.389. The summed E-state index contributed by atoms with van der Waals surface area (Å²) in [6.45, 7) is 2.07. The minimum atomic E-state index is -0.161. The molecule has 0 radical (unpaired) electrons. The van der Waals surface area contributed by atoms with E-state index in [1.54, 1.807) is 13.0 Å². The van der Waals surface area contributed by atoms with E-state index in [4.69, 9.17) is 5.11 Å². The zero-order chi connectivity index (χ0) is 7.11. The number of carbonyl (C=O) groups excluding carboxylic acids is 1. The Morgan fingerprint density at radius 2 is 2.30 bits per heavy atom. The summed E-state index contributed by atoms with van der Waals surface area (Å²) in [5.74, 6) is -0.161. The summed E-state index contributed by atoms with van der Waals surface area (Å²) >= 11 is 0. The molecule has 3 nitrogen and oxygen atoms in total. The summed E-state index contributed by atoms with van der Waals surface area (Å²) in [4.78, 5) is 10.5. The van der Waals surface area contributed by atoms with Gasteiger partial charge in [-0.05, 0) is 13.0 Å². The third-order valence-electron chi connectivity index (χ3n) is 0.729. The molecule has 4 heteroatoms. The Bertz CT molecular complexity index is 114. The lowest BCUT2D eigenvalue weighted by Crippen LogP contribution is -2.24. The molecule has 0 fully saturated rings. The number of amides is 1. The smallest absolute Gasteiger partial charge is 0.243 e. The van der Waals surface area contributed by atoms with Gasteiger partial charge in [-0.25, -0.2) is 0 Å². The molecule has 60 valence electrons. The normalized spacial score (nSPS) is 9.00. The highest BCUT2D eigenvalue weighted by Gasteiger charge is 1.88. The molecule has 0 aromatic rings. The van der Waals surface area contributed by atoms with Gasteiger partial charge in [-0.2, -0.15) is 0 Å². The lowest BCUT2D eigenvalue weighted by Gasteiger charge is -1.94. The highest BCUT2D eigenvalue weighted by molar-refractivity contribution is 5.87. The zero-order valence-electron chi connectivity index (χ0n) is 5.83. The third kappa shape index (κ3) is 7.46. The van der Waals surface area contributed by atoms with Gasteiger partial charge in [0.2, 0.25) is 5.91 Å². The number of halogens is 1. The standard InChI is InChI=1S/C6H11NO2.ClH/c1-2-3-6(9)7-4-5-8;/h2-3,8H,4-5H2,1H3,(H,7,9);1H. The van der Waals surface area contributed by atoms with Crippen LogP contribution in [0.3, 0.4) is 0 Å². The molecule has 10 heavy (non-hydrogen) atoms. The highest BCUT2D eigenvalue weighted by Crippen LogP contribution is 1.69. The van der Waals surface area contributed by atoms with Gasteiger partial charge in [0.05, 0.1) is 6.61 Å². The van der Waals surface area contributed by atoms with E-state index in [1.165, 1.54) is 6.08 Å². The number of allylic oxidation sites excluding steroid dienone is 1. The van der Waals surface area contributed by atoms with Crippen molar-refractivity contribution in [3.8, 4) is 0 Å². The third-order valence-corrected chi connectivity index (χ3v) is 0.729. The van der Waals surface area contributed by atoms with Crippen LogP contribution in [0.2, 0.25) is 0 Å². The van der Waals surface area contributed by atoms with Crippen molar-refractivity contribution in [2.24, 2.45) is 0 Å². The van der Waals surface area contributed by atoms with E-state index in [0.29, 0.717) is 6.54 Å². The van der Waals surface area contributed by atoms with Crippen molar-refractivity contribution in [3.63, 3.8) is 0 Å². The molecular weight excluding hydrogens is 154 g/mol. The molecule has 0 spiro atoms. The molecule has 0 rings (SSSR count). The van der Waals surface area contributed by atoms with E-state index in [2.05, 4.69) is 5.32 Å². The maximum atomic E-state index is 10.5. The first-order chi connectivity index (χ1) is 4.31. The van der Waals surface area contributed by atoms with Crippen LogP contribution < -0.4 is 5.32 Å². The van der Waals surface area contributed by atoms with Crippen LogP contribution in [0.15, 0.2) is 12.2 Å². The Morgan fingerprint density at radius 3 is 2.70 bits per heavy atom. The lowest BCUT2D eigenvalue weighted by molar-refractivity contribution is -0.116. The second kappa shape index (κ2) is 8.46. The summed E-state index contributed by atoms with van der Waals surface area (Å²) in [6.07, 6.45) is 3.06. The number of nitrogens with one attached hydrogen (secondary N) is 1. The van der Waals surface area contributed by atoms with E-state index in [0.717, 1.165) is 0 Å². The van der Waals surface area contributed by atoms with Crippen LogP contribution in [-0.4, -0.2) is 24.2 Å². The summed E-state index contributed by atoms with van der Waals surface area (Å²) < 4.78 is 0. The van der Waals surface area contributed by atoms with Gasteiger partial charge in [0.25, 0.3) is 0 Å². The van der Waals surface area contributed by atoms with Crippen molar-refractivity contribution in [1.82, 2.24) is 5.32 Å². The maximum absolute atomic E-state index is 10.5. The van der Waals surface area contributed by atoms with Gasteiger partial charge < -0.3 is 10.4 Å². The van der Waals surface area contributed by atoms with Gasteiger partial charge in [0, 0.05) is 6.54 Å².